The lowest BCUT2D eigenvalue weighted by Crippen LogP contribution is -2.50. The molecule has 8 nitrogen and oxygen atoms in total. The number of ether oxygens (including phenoxy) is 4. The van der Waals surface area contributed by atoms with Crippen LogP contribution in [0.15, 0.2) is 54.6 Å². The predicted molar refractivity (Wildman–Crippen MR) is 152 cm³/mol. The van der Waals surface area contributed by atoms with E-state index >= 15 is 0 Å². The van der Waals surface area contributed by atoms with Crippen LogP contribution in [-0.4, -0.2) is 96.6 Å². The molecule has 0 radical (unpaired) electrons. The van der Waals surface area contributed by atoms with Gasteiger partial charge in [0.2, 0.25) is 0 Å². The van der Waals surface area contributed by atoms with Crippen molar-refractivity contribution in [3.05, 3.63) is 71.3 Å². The first-order valence-electron chi connectivity index (χ1n) is 15.8. The van der Waals surface area contributed by atoms with Gasteiger partial charge in [0.1, 0.15) is 42.0 Å². The average Bonchev–Trinajstić information content (AvgIpc) is 3.91. The van der Waals surface area contributed by atoms with Gasteiger partial charge in [0.25, 0.3) is 0 Å². The molecule has 6 heterocycles. The molecule has 12 atom stereocenters. The molecule has 1 aliphatic carbocycles. The smallest absolute Gasteiger partial charge is 0.321 e. The van der Waals surface area contributed by atoms with Crippen LogP contribution in [0.1, 0.15) is 61.1 Å². The molecule has 0 aromatic heterocycles. The number of carbonyl (C=O) groups excluding carboxylic acids is 2. The highest BCUT2D eigenvalue weighted by atomic mass is 16.6. The molecular weight excluding hydrogens is 532 g/mol. The molecule has 6 fully saturated rings. The van der Waals surface area contributed by atoms with Crippen LogP contribution in [-0.2, 0) is 34.0 Å². The highest BCUT2D eigenvalue weighted by Gasteiger charge is 2.64. The highest BCUT2D eigenvalue weighted by molar-refractivity contribution is 5.91. The first-order valence-corrected chi connectivity index (χ1v) is 15.8. The number of likely N-dealkylation sites (N-methyl/N-ethyl adjacent to an activating group) is 2. The van der Waals surface area contributed by atoms with Crippen LogP contribution < -0.4 is 0 Å². The van der Waals surface area contributed by atoms with Gasteiger partial charge < -0.3 is 18.9 Å². The first kappa shape index (κ1) is 25.7. The molecular formula is C34H38N2O6. The summed E-state index contributed by atoms with van der Waals surface area (Å²) in [6.45, 7) is 0. The zero-order valence-corrected chi connectivity index (χ0v) is 24.1. The Balaban J connectivity index is 1.00. The van der Waals surface area contributed by atoms with Crippen molar-refractivity contribution >= 4 is 11.9 Å². The van der Waals surface area contributed by atoms with E-state index in [-0.39, 0.29) is 36.4 Å². The highest BCUT2D eigenvalue weighted by Crippen LogP contribution is 2.52. The molecule has 6 aliphatic heterocycles. The number of rotatable bonds is 5. The third-order valence-electron chi connectivity index (χ3n) is 11.8. The summed E-state index contributed by atoms with van der Waals surface area (Å²) in [5.41, 5.74) is 1.70. The van der Waals surface area contributed by atoms with E-state index in [0.717, 1.165) is 42.4 Å². The van der Waals surface area contributed by atoms with E-state index in [1.165, 1.54) is 0 Å². The predicted octanol–water partition coefficient (Wildman–Crippen LogP) is 3.16. The largest absolute Gasteiger partial charge is 0.462 e. The second-order valence-corrected chi connectivity index (χ2v) is 13.7. The third-order valence-corrected chi connectivity index (χ3v) is 11.8. The van der Waals surface area contributed by atoms with Crippen molar-refractivity contribution in [3.8, 4) is 0 Å². The van der Waals surface area contributed by atoms with Crippen molar-refractivity contribution in [2.45, 2.75) is 111 Å². The molecule has 2 aromatic rings. The van der Waals surface area contributed by atoms with Crippen LogP contribution in [0.2, 0.25) is 0 Å². The van der Waals surface area contributed by atoms with Gasteiger partial charge in [0.15, 0.2) is 0 Å². The zero-order valence-electron chi connectivity index (χ0n) is 24.1. The summed E-state index contributed by atoms with van der Waals surface area (Å²) in [5.74, 6) is -0.785. The molecule has 8 heteroatoms. The van der Waals surface area contributed by atoms with Gasteiger partial charge in [-0.3, -0.25) is 19.4 Å². The van der Waals surface area contributed by atoms with Crippen LogP contribution in [0.3, 0.4) is 0 Å². The first-order chi connectivity index (χ1) is 20.4. The number of hydrogen-bond acceptors (Lipinski definition) is 8. The van der Waals surface area contributed by atoms with Crippen molar-refractivity contribution < 1.29 is 28.5 Å². The van der Waals surface area contributed by atoms with Crippen LogP contribution in [0.4, 0.5) is 0 Å². The van der Waals surface area contributed by atoms with Crippen LogP contribution >= 0.6 is 0 Å². The summed E-state index contributed by atoms with van der Waals surface area (Å²) in [5, 5.41) is 0. The summed E-state index contributed by atoms with van der Waals surface area (Å²) in [4.78, 5) is 33.1. The van der Waals surface area contributed by atoms with Gasteiger partial charge in [-0.25, -0.2) is 0 Å². The zero-order chi connectivity index (χ0) is 28.3. The monoisotopic (exact) mass is 570 g/mol. The second kappa shape index (κ2) is 9.11. The van der Waals surface area contributed by atoms with Crippen molar-refractivity contribution in [3.63, 3.8) is 0 Å². The number of morpholine rings is 2. The number of carbonyl (C=O) groups is 2. The standard InChI is InChI=1S/C34H38N2O6/c1-35-24-14-19(15-25(35)29-28(24)41-29)39-32(37)22-12-13-34(18-8-4-3-5-9-18,23-11-7-6-10-21(22)23)33(38)40-20-16-26-30-31(42-30)27(17-20)36(26)2/h3-11,19-20,22,24-31H,12-17H2,1-2H3/t19?,20?,22-,24-,25+,26-,27+,28+,29-,30+,31+,34-/m1/s1. The fourth-order valence-corrected chi connectivity index (χ4v) is 9.53. The molecule has 0 N–H and O–H groups in total. The maximum atomic E-state index is 14.5. The molecule has 0 saturated carbocycles. The van der Waals surface area contributed by atoms with Gasteiger partial charge >= 0.3 is 11.9 Å². The fraction of sp³-hybridized carbons (Fsp3) is 0.588. The van der Waals surface area contributed by atoms with Crippen molar-refractivity contribution in [1.82, 2.24) is 9.80 Å². The molecule has 4 bridgehead atoms. The SMILES string of the molecule is CN1[C@@H]2CC(OC(=O)[C@@]3(c4ccccc4)CC[C@@H](C(=O)OC4C[C@@H]5[C@@H]6O[C@@H]6[C@H](C4)N5C)c4ccccc43)C[C@H]1[C@@H]1O[C@H]12. The number of nitrogens with zero attached hydrogens (tertiary/aromatic N) is 2. The number of piperidine rings is 2. The Kier molecular flexibility index (Phi) is 5.58. The van der Waals surface area contributed by atoms with Crippen LogP contribution in [0.25, 0.3) is 0 Å². The van der Waals surface area contributed by atoms with Gasteiger partial charge in [-0.15, -0.1) is 0 Å². The van der Waals surface area contributed by atoms with Gasteiger partial charge in [0.05, 0.1) is 5.92 Å². The topological polar surface area (TPSA) is 84.1 Å². The minimum absolute atomic E-state index is 0.0898. The van der Waals surface area contributed by atoms with Crippen molar-refractivity contribution in [2.24, 2.45) is 0 Å². The lowest BCUT2D eigenvalue weighted by atomic mass is 9.63. The van der Waals surface area contributed by atoms with Gasteiger partial charge in [-0.2, -0.15) is 0 Å². The molecule has 2 unspecified atom stereocenters. The van der Waals surface area contributed by atoms with Gasteiger partial charge in [-0.05, 0) is 43.6 Å². The number of fused-ring (bicyclic) bond motifs is 11. The molecule has 42 heavy (non-hydrogen) atoms. The molecule has 220 valence electrons. The summed E-state index contributed by atoms with van der Waals surface area (Å²) in [7, 11) is 4.33. The molecule has 7 aliphatic rings. The van der Waals surface area contributed by atoms with Crippen molar-refractivity contribution in [2.75, 3.05) is 14.1 Å². The molecule has 0 amide bonds. The van der Waals surface area contributed by atoms with E-state index in [9.17, 15) is 9.59 Å². The van der Waals surface area contributed by atoms with Crippen LogP contribution in [0.5, 0.6) is 0 Å². The lowest BCUT2D eigenvalue weighted by Gasteiger charge is -2.43. The second-order valence-electron chi connectivity index (χ2n) is 13.7. The van der Waals surface area contributed by atoms with Gasteiger partial charge in [-0.1, -0.05) is 54.6 Å². The van der Waals surface area contributed by atoms with E-state index in [4.69, 9.17) is 18.9 Å². The molecule has 0 spiro atoms. The number of benzene rings is 2. The Morgan fingerprint density at radius 3 is 1.86 bits per heavy atom. The maximum absolute atomic E-state index is 14.5. The quantitative estimate of drug-likeness (QED) is 0.401. The Morgan fingerprint density at radius 1 is 0.738 bits per heavy atom. The van der Waals surface area contributed by atoms with E-state index in [1.807, 2.05) is 54.6 Å². The Morgan fingerprint density at radius 2 is 1.26 bits per heavy atom. The van der Waals surface area contributed by atoms with Crippen LogP contribution in [0, 0.1) is 0 Å². The number of hydrogen-bond donors (Lipinski definition) is 0. The summed E-state index contributed by atoms with van der Waals surface area (Å²) < 4.78 is 24.4. The van der Waals surface area contributed by atoms with Gasteiger partial charge in [0, 0.05) is 49.9 Å². The van der Waals surface area contributed by atoms with E-state index in [1.54, 1.807) is 0 Å². The minimum atomic E-state index is -0.971. The molecule has 2 aromatic carbocycles. The van der Waals surface area contributed by atoms with E-state index in [2.05, 4.69) is 23.9 Å². The Bertz CT molecular complexity index is 1400. The van der Waals surface area contributed by atoms with E-state index in [0.29, 0.717) is 49.2 Å². The molecule has 6 saturated heterocycles. The number of epoxide rings is 2. The lowest BCUT2D eigenvalue weighted by molar-refractivity contribution is -0.162. The Labute approximate surface area is 246 Å². The summed E-state index contributed by atoms with van der Waals surface area (Å²) in [6, 6.07) is 19.2. The summed E-state index contributed by atoms with van der Waals surface area (Å²) >= 11 is 0. The van der Waals surface area contributed by atoms with Crippen molar-refractivity contribution in [1.29, 1.82) is 0 Å². The molecule has 9 rings (SSSR count). The summed E-state index contributed by atoms with van der Waals surface area (Å²) in [6.07, 6.45) is 5.21. The number of esters is 2. The normalized spacial score (nSPS) is 44.5. The Hall–Kier alpha value is -2.78. The average molecular weight is 571 g/mol. The third kappa shape index (κ3) is 3.62. The minimum Gasteiger partial charge on any atom is -0.462 e. The maximum Gasteiger partial charge on any atom is 0.321 e. The fourth-order valence-electron chi connectivity index (χ4n) is 9.53. The van der Waals surface area contributed by atoms with E-state index < -0.39 is 11.3 Å².